The molecule has 1 rings (SSSR count). The Kier molecular flexibility index (Phi) is 2.48. The monoisotopic (exact) mass is 198 g/mol. The highest BCUT2D eigenvalue weighted by atomic mass is 32.2. The zero-order valence-corrected chi connectivity index (χ0v) is 9.20. The summed E-state index contributed by atoms with van der Waals surface area (Å²) in [6, 6.07) is 3.78. The Morgan fingerprint density at radius 1 is 1.00 bits per heavy atom. The predicted octanol–water partition coefficient (Wildman–Crippen LogP) is 2.02. The lowest BCUT2D eigenvalue weighted by Gasteiger charge is -2.08. The molecule has 0 unspecified atom stereocenters. The Balaban J connectivity index is 3.57. The van der Waals surface area contributed by atoms with Gasteiger partial charge in [-0.25, -0.2) is 8.42 Å². The van der Waals surface area contributed by atoms with Gasteiger partial charge in [0.15, 0.2) is 9.84 Å². The lowest BCUT2D eigenvalue weighted by Crippen LogP contribution is -2.03. The molecule has 1 aromatic carbocycles. The van der Waals surface area contributed by atoms with E-state index in [1.807, 2.05) is 32.9 Å². The summed E-state index contributed by atoms with van der Waals surface area (Å²) in [7, 11) is -3.08. The molecule has 0 N–H and O–H groups in total. The van der Waals surface area contributed by atoms with E-state index >= 15 is 0 Å². The van der Waals surface area contributed by atoms with E-state index in [0.717, 1.165) is 16.7 Å². The van der Waals surface area contributed by atoms with Crippen LogP contribution in [0.15, 0.2) is 17.0 Å². The van der Waals surface area contributed by atoms with Gasteiger partial charge in [0, 0.05) is 6.26 Å². The van der Waals surface area contributed by atoms with Crippen molar-refractivity contribution in [2.75, 3.05) is 6.26 Å². The third kappa shape index (κ3) is 2.10. The summed E-state index contributed by atoms with van der Waals surface area (Å²) >= 11 is 0. The Labute approximate surface area is 79.5 Å². The highest BCUT2D eigenvalue weighted by Gasteiger charge is 2.13. The first kappa shape index (κ1) is 10.3. The van der Waals surface area contributed by atoms with Crippen LogP contribution in [0.25, 0.3) is 0 Å². The summed E-state index contributed by atoms with van der Waals surface area (Å²) in [6.07, 6.45) is 1.25. The van der Waals surface area contributed by atoms with Crippen LogP contribution in [0.5, 0.6) is 0 Å². The van der Waals surface area contributed by atoms with Crippen LogP contribution in [-0.2, 0) is 9.84 Å². The molecule has 0 aromatic heterocycles. The molecule has 0 aliphatic carbocycles. The zero-order chi connectivity index (χ0) is 10.2. The van der Waals surface area contributed by atoms with Crippen LogP contribution in [0.3, 0.4) is 0 Å². The van der Waals surface area contributed by atoms with Crippen molar-refractivity contribution in [1.82, 2.24) is 0 Å². The van der Waals surface area contributed by atoms with E-state index < -0.39 is 9.84 Å². The van der Waals surface area contributed by atoms with E-state index in [1.165, 1.54) is 6.26 Å². The van der Waals surface area contributed by atoms with Crippen LogP contribution in [0, 0.1) is 20.8 Å². The van der Waals surface area contributed by atoms with Crippen molar-refractivity contribution in [3.63, 3.8) is 0 Å². The molecule has 0 bridgehead atoms. The van der Waals surface area contributed by atoms with Gasteiger partial charge in [0.05, 0.1) is 4.90 Å². The molecule has 13 heavy (non-hydrogen) atoms. The van der Waals surface area contributed by atoms with Crippen molar-refractivity contribution in [2.45, 2.75) is 25.7 Å². The number of sulfone groups is 1. The normalized spacial score (nSPS) is 11.7. The minimum atomic E-state index is -3.08. The summed E-state index contributed by atoms with van der Waals surface area (Å²) < 4.78 is 22.8. The highest BCUT2D eigenvalue weighted by molar-refractivity contribution is 7.90. The topological polar surface area (TPSA) is 34.1 Å². The van der Waals surface area contributed by atoms with Crippen molar-refractivity contribution in [3.8, 4) is 0 Å². The largest absolute Gasteiger partial charge is 0.224 e. The SMILES string of the molecule is Cc1cc(C)c(S(C)(=O)=O)c(C)c1. The zero-order valence-electron chi connectivity index (χ0n) is 8.38. The van der Waals surface area contributed by atoms with Gasteiger partial charge in [-0.2, -0.15) is 0 Å². The summed E-state index contributed by atoms with van der Waals surface area (Å²) in [5, 5.41) is 0. The van der Waals surface area contributed by atoms with Gasteiger partial charge >= 0.3 is 0 Å². The smallest absolute Gasteiger partial charge is 0.176 e. The molecule has 0 fully saturated rings. The van der Waals surface area contributed by atoms with Crippen LogP contribution in [0.4, 0.5) is 0 Å². The molecule has 0 heterocycles. The quantitative estimate of drug-likeness (QED) is 0.691. The maximum absolute atomic E-state index is 11.4. The molecule has 0 aliphatic rings. The fraction of sp³-hybridized carbons (Fsp3) is 0.400. The van der Waals surface area contributed by atoms with Crippen molar-refractivity contribution in [3.05, 3.63) is 28.8 Å². The Morgan fingerprint density at radius 2 is 1.38 bits per heavy atom. The second-order valence-electron chi connectivity index (χ2n) is 3.50. The molecule has 1 aromatic rings. The fourth-order valence-electron chi connectivity index (χ4n) is 1.75. The average Bonchev–Trinajstić information content (AvgIpc) is 1.78. The molecule has 3 heteroatoms. The minimum absolute atomic E-state index is 0.470. The van der Waals surface area contributed by atoms with Crippen LogP contribution in [-0.4, -0.2) is 14.7 Å². The van der Waals surface area contributed by atoms with Gasteiger partial charge in [-0.3, -0.25) is 0 Å². The molecule has 2 nitrogen and oxygen atoms in total. The summed E-state index contributed by atoms with van der Waals surface area (Å²) in [5.74, 6) is 0. The van der Waals surface area contributed by atoms with Crippen LogP contribution < -0.4 is 0 Å². The van der Waals surface area contributed by atoms with Crippen molar-refractivity contribution < 1.29 is 8.42 Å². The Bertz CT molecular complexity index is 407. The first-order valence-electron chi connectivity index (χ1n) is 4.10. The molecule has 0 spiro atoms. The second kappa shape index (κ2) is 3.14. The molecule has 72 valence electrons. The maximum atomic E-state index is 11.4. The van der Waals surface area contributed by atoms with Crippen LogP contribution >= 0.6 is 0 Å². The molecule has 0 amide bonds. The predicted molar refractivity (Wildman–Crippen MR) is 53.8 cm³/mol. The molecular weight excluding hydrogens is 184 g/mol. The number of rotatable bonds is 1. The average molecular weight is 198 g/mol. The maximum Gasteiger partial charge on any atom is 0.176 e. The van der Waals surface area contributed by atoms with E-state index in [2.05, 4.69) is 0 Å². The lowest BCUT2D eigenvalue weighted by molar-refractivity contribution is 0.600. The lowest BCUT2D eigenvalue weighted by atomic mass is 10.1. The molecule has 0 aliphatic heterocycles. The summed E-state index contributed by atoms with van der Waals surface area (Å²) in [6.45, 7) is 5.62. The van der Waals surface area contributed by atoms with E-state index in [1.54, 1.807) is 0 Å². The van der Waals surface area contributed by atoms with Crippen molar-refractivity contribution >= 4 is 9.84 Å². The third-order valence-electron chi connectivity index (χ3n) is 1.98. The van der Waals surface area contributed by atoms with Gasteiger partial charge in [-0.15, -0.1) is 0 Å². The summed E-state index contributed by atoms with van der Waals surface area (Å²) in [4.78, 5) is 0.470. The fourth-order valence-corrected chi connectivity index (χ4v) is 3.04. The van der Waals surface area contributed by atoms with Gasteiger partial charge < -0.3 is 0 Å². The van der Waals surface area contributed by atoms with Gasteiger partial charge in [0.1, 0.15) is 0 Å². The van der Waals surface area contributed by atoms with Gasteiger partial charge in [-0.1, -0.05) is 17.7 Å². The number of aryl methyl sites for hydroxylation is 3. The minimum Gasteiger partial charge on any atom is -0.224 e. The van der Waals surface area contributed by atoms with Gasteiger partial charge in [-0.05, 0) is 31.9 Å². The molecule has 0 saturated carbocycles. The van der Waals surface area contributed by atoms with Crippen LogP contribution in [0.2, 0.25) is 0 Å². The highest BCUT2D eigenvalue weighted by Crippen LogP contribution is 2.21. The summed E-state index contributed by atoms with van der Waals surface area (Å²) in [5.41, 5.74) is 2.77. The van der Waals surface area contributed by atoms with E-state index in [0.29, 0.717) is 4.90 Å². The van der Waals surface area contributed by atoms with E-state index in [-0.39, 0.29) is 0 Å². The van der Waals surface area contributed by atoms with E-state index in [4.69, 9.17) is 0 Å². The molecule has 0 saturated heterocycles. The van der Waals surface area contributed by atoms with Crippen molar-refractivity contribution in [1.29, 1.82) is 0 Å². The molecule has 0 radical (unpaired) electrons. The number of benzene rings is 1. The molecular formula is C10H14O2S. The Hall–Kier alpha value is -0.830. The molecule has 0 atom stereocenters. The van der Waals surface area contributed by atoms with Crippen LogP contribution in [0.1, 0.15) is 16.7 Å². The first-order chi connectivity index (χ1) is 5.82. The first-order valence-corrected chi connectivity index (χ1v) is 5.99. The van der Waals surface area contributed by atoms with Gasteiger partial charge in [0.25, 0.3) is 0 Å². The van der Waals surface area contributed by atoms with E-state index in [9.17, 15) is 8.42 Å². The standard InChI is InChI=1S/C10H14O2S/c1-7-5-8(2)10(9(3)6-7)13(4,11)12/h5-6H,1-4H3. The van der Waals surface area contributed by atoms with Crippen molar-refractivity contribution in [2.24, 2.45) is 0 Å². The second-order valence-corrected chi connectivity index (χ2v) is 5.45. The Morgan fingerprint density at radius 3 is 1.69 bits per heavy atom. The van der Waals surface area contributed by atoms with Gasteiger partial charge in [0.2, 0.25) is 0 Å². The third-order valence-corrected chi connectivity index (χ3v) is 3.36. The number of hydrogen-bond donors (Lipinski definition) is 0. The number of hydrogen-bond acceptors (Lipinski definition) is 2.